The Kier molecular flexibility index (Phi) is 5.12. The SMILES string of the molecule is [Se]=P(c1cccnc1)(c1ccc2ccccc2c1)c1cccc2c3ccccc3n3c4ccccc4nc3c12. The molecule has 0 radical (unpaired) electrons. The molecule has 3 nitrogen and oxygen atoms in total. The number of pyridine rings is 2. The molecule has 39 heavy (non-hydrogen) atoms. The van der Waals surface area contributed by atoms with Crippen LogP contribution in [0, 0.1) is 0 Å². The van der Waals surface area contributed by atoms with Gasteiger partial charge in [-0.3, -0.25) is 0 Å². The van der Waals surface area contributed by atoms with Crippen LogP contribution >= 0.6 is 5.51 Å². The maximum atomic E-state index is 5.26. The van der Waals surface area contributed by atoms with Gasteiger partial charge in [0.15, 0.2) is 0 Å². The fraction of sp³-hybridized carbons (Fsp3) is 0. The van der Waals surface area contributed by atoms with Gasteiger partial charge in [0.2, 0.25) is 0 Å². The van der Waals surface area contributed by atoms with Gasteiger partial charge in [-0.05, 0) is 0 Å². The molecule has 1 unspecified atom stereocenters. The molecule has 3 aromatic heterocycles. The summed E-state index contributed by atoms with van der Waals surface area (Å²) < 4.78 is 2.34. The molecule has 0 aliphatic heterocycles. The van der Waals surface area contributed by atoms with Gasteiger partial charge in [-0.15, -0.1) is 0 Å². The Hall–Kier alpha value is -4.07. The number of benzene rings is 5. The molecular formula is C34H22N3PSe. The van der Waals surface area contributed by atoms with Gasteiger partial charge in [-0.25, -0.2) is 0 Å². The van der Waals surface area contributed by atoms with Crippen molar-refractivity contribution in [2.45, 2.75) is 0 Å². The Morgan fingerprint density at radius 2 is 1.38 bits per heavy atom. The molecule has 184 valence electrons. The van der Waals surface area contributed by atoms with E-state index in [4.69, 9.17) is 4.98 Å². The van der Waals surface area contributed by atoms with Gasteiger partial charge in [0.25, 0.3) is 0 Å². The Morgan fingerprint density at radius 1 is 0.615 bits per heavy atom. The molecule has 0 spiro atoms. The van der Waals surface area contributed by atoms with E-state index in [-0.39, 0.29) is 0 Å². The van der Waals surface area contributed by atoms with Crippen LogP contribution in [-0.4, -0.2) is 29.5 Å². The summed E-state index contributed by atoms with van der Waals surface area (Å²) in [6.45, 7) is 0. The second-order valence-corrected chi connectivity index (χ2v) is 16.0. The summed E-state index contributed by atoms with van der Waals surface area (Å²) in [6, 6.07) is 43.6. The second-order valence-electron chi connectivity index (χ2n) is 9.83. The Bertz CT molecular complexity index is 2270. The fourth-order valence-corrected chi connectivity index (χ4v) is 11.1. The first-order valence-electron chi connectivity index (χ1n) is 12.9. The van der Waals surface area contributed by atoms with Crippen LogP contribution < -0.4 is 15.9 Å². The van der Waals surface area contributed by atoms with Crippen LogP contribution in [0.2, 0.25) is 0 Å². The van der Waals surface area contributed by atoms with E-state index >= 15 is 0 Å². The van der Waals surface area contributed by atoms with Crippen LogP contribution in [0.4, 0.5) is 0 Å². The third kappa shape index (κ3) is 3.33. The van der Waals surface area contributed by atoms with Crippen LogP contribution in [-0.2, 0) is 0 Å². The van der Waals surface area contributed by atoms with Crippen molar-refractivity contribution in [3.05, 3.63) is 134 Å². The van der Waals surface area contributed by atoms with E-state index in [0.717, 1.165) is 16.7 Å². The average molecular weight is 583 g/mol. The van der Waals surface area contributed by atoms with Crippen molar-refractivity contribution in [2.75, 3.05) is 0 Å². The van der Waals surface area contributed by atoms with E-state index in [2.05, 4.69) is 140 Å². The summed E-state index contributed by atoms with van der Waals surface area (Å²) >= 11 is 3.78. The maximum absolute atomic E-state index is 5.26. The van der Waals surface area contributed by atoms with Crippen LogP contribution in [0.15, 0.2) is 134 Å². The first kappa shape index (κ1) is 22.9. The number of imidazole rings is 1. The molecule has 8 rings (SSSR count). The molecule has 1 atom stereocenters. The minimum absolute atomic E-state index is 0.991. The predicted octanol–water partition coefficient (Wildman–Crippen LogP) is 6.72. The number of fused-ring (bicyclic) bond motifs is 9. The van der Waals surface area contributed by atoms with Crippen molar-refractivity contribution in [1.29, 1.82) is 0 Å². The topological polar surface area (TPSA) is 30.2 Å². The zero-order valence-electron chi connectivity index (χ0n) is 20.9. The monoisotopic (exact) mass is 583 g/mol. The molecule has 0 N–H and O–H groups in total. The quantitative estimate of drug-likeness (QED) is 0.132. The van der Waals surface area contributed by atoms with E-state index in [0.29, 0.717) is 0 Å². The molecule has 8 aromatic rings. The van der Waals surface area contributed by atoms with E-state index in [1.54, 1.807) is 0 Å². The first-order valence-corrected chi connectivity index (χ1v) is 17.0. The summed E-state index contributed by atoms with van der Waals surface area (Å²) in [4.78, 5) is 9.83. The summed E-state index contributed by atoms with van der Waals surface area (Å²) in [5.74, 6) is 0. The molecular weight excluding hydrogens is 560 g/mol. The molecule has 5 heteroatoms. The first-order chi connectivity index (χ1) is 19.2. The fourth-order valence-electron chi connectivity index (χ4n) is 5.94. The van der Waals surface area contributed by atoms with Gasteiger partial charge in [0, 0.05) is 0 Å². The van der Waals surface area contributed by atoms with Crippen LogP contribution in [0.25, 0.3) is 49.1 Å². The van der Waals surface area contributed by atoms with Gasteiger partial charge in [0.1, 0.15) is 0 Å². The van der Waals surface area contributed by atoms with E-state index < -0.39 is 5.51 Å². The van der Waals surface area contributed by atoms with Gasteiger partial charge in [0.05, 0.1) is 0 Å². The van der Waals surface area contributed by atoms with Crippen molar-refractivity contribution >= 4 is 85.6 Å². The Labute approximate surface area is 233 Å². The minimum atomic E-state index is -2.24. The second kappa shape index (κ2) is 8.73. The molecule has 0 bridgehead atoms. The molecule has 0 saturated heterocycles. The molecule has 0 aliphatic carbocycles. The zero-order chi connectivity index (χ0) is 26.0. The third-order valence-electron chi connectivity index (χ3n) is 7.71. The van der Waals surface area contributed by atoms with Gasteiger partial charge >= 0.3 is 234 Å². The molecule has 0 saturated carbocycles. The molecule has 0 fully saturated rings. The van der Waals surface area contributed by atoms with E-state index in [1.807, 2.05) is 18.5 Å². The molecule has 0 amide bonds. The van der Waals surface area contributed by atoms with E-state index in [1.165, 1.54) is 48.4 Å². The number of nitrogens with zero attached hydrogens (tertiary/aromatic N) is 3. The number of rotatable bonds is 3. The van der Waals surface area contributed by atoms with Crippen molar-refractivity contribution in [3.63, 3.8) is 0 Å². The average Bonchev–Trinajstić information content (AvgIpc) is 3.41. The van der Waals surface area contributed by atoms with Crippen LogP contribution in [0.5, 0.6) is 0 Å². The van der Waals surface area contributed by atoms with E-state index in [9.17, 15) is 0 Å². The summed E-state index contributed by atoms with van der Waals surface area (Å²) in [6.07, 6.45) is 3.88. The van der Waals surface area contributed by atoms with Gasteiger partial charge in [-0.1, -0.05) is 0 Å². The van der Waals surface area contributed by atoms with Crippen molar-refractivity contribution < 1.29 is 0 Å². The van der Waals surface area contributed by atoms with Crippen molar-refractivity contribution in [3.8, 4) is 0 Å². The predicted molar refractivity (Wildman–Crippen MR) is 167 cm³/mol. The van der Waals surface area contributed by atoms with Gasteiger partial charge < -0.3 is 0 Å². The van der Waals surface area contributed by atoms with Crippen LogP contribution in [0.3, 0.4) is 0 Å². The number of hydrogen-bond acceptors (Lipinski definition) is 2. The third-order valence-corrected chi connectivity index (χ3v) is 14.6. The number of hydrogen-bond donors (Lipinski definition) is 0. The van der Waals surface area contributed by atoms with Crippen molar-refractivity contribution in [2.24, 2.45) is 0 Å². The Morgan fingerprint density at radius 3 is 2.26 bits per heavy atom. The summed E-state index contributed by atoms with van der Waals surface area (Å²) in [5.41, 5.74) is 2.04. The summed E-state index contributed by atoms with van der Waals surface area (Å²) in [5, 5.41) is 9.87. The standard InChI is InChI=1S/C34H22N3PSe/c39-38(26-11-8-20-35-22-26,25-19-18-23-9-1-2-10-24(23)21-25)32-17-7-13-28-27-12-3-5-15-30(27)37-31-16-6-4-14-29(31)36-34(37)33(28)32/h1-22H. The van der Waals surface area contributed by atoms with Crippen LogP contribution in [0.1, 0.15) is 0 Å². The Balaban J connectivity index is 1.59. The normalized spacial score (nSPS) is 13.4. The molecule has 0 aliphatic rings. The van der Waals surface area contributed by atoms with Gasteiger partial charge in [-0.2, -0.15) is 0 Å². The molecule has 5 aromatic carbocycles. The number of aromatic nitrogens is 3. The summed E-state index contributed by atoms with van der Waals surface area (Å²) in [7, 11) is 0. The zero-order valence-corrected chi connectivity index (χ0v) is 23.5. The van der Waals surface area contributed by atoms with Crippen molar-refractivity contribution in [1.82, 2.24) is 14.4 Å². The molecule has 3 heterocycles. The number of para-hydroxylation sites is 3.